The summed E-state index contributed by atoms with van der Waals surface area (Å²) in [5.74, 6) is 0. The van der Waals surface area contributed by atoms with E-state index in [1.54, 1.807) is 12.1 Å². The number of aromatic nitrogens is 2. The number of para-hydroxylation sites is 5. The maximum absolute atomic E-state index is 11.2. The van der Waals surface area contributed by atoms with Crippen LogP contribution in [0.2, 0.25) is 0 Å². The zero-order chi connectivity index (χ0) is 78.7. The lowest BCUT2D eigenvalue weighted by Gasteiger charge is -2.46. The minimum atomic E-state index is -1.36. The van der Waals surface area contributed by atoms with E-state index < -0.39 is 133 Å². The molecule has 0 saturated heterocycles. The van der Waals surface area contributed by atoms with Crippen LogP contribution in [0.15, 0.2) is 297 Å². The van der Waals surface area contributed by atoms with Gasteiger partial charge in [0.15, 0.2) is 0 Å². The van der Waals surface area contributed by atoms with Gasteiger partial charge in [-0.2, -0.15) is 0 Å². The molecule has 0 amide bonds. The molecule has 0 N–H and O–H groups in total. The van der Waals surface area contributed by atoms with E-state index in [0.717, 1.165) is 33.4 Å². The maximum Gasteiger partial charge on any atom is 0.252 e. The van der Waals surface area contributed by atoms with E-state index >= 15 is 0 Å². The van der Waals surface area contributed by atoms with Gasteiger partial charge in [0.05, 0.1) is 60.9 Å². The van der Waals surface area contributed by atoms with Crippen molar-refractivity contribution in [2.75, 3.05) is 9.80 Å². The summed E-state index contributed by atoms with van der Waals surface area (Å²) in [4.78, 5) is 4.04. The fraction of sp³-hybridized carbons (Fsp3) is 0.0930. The van der Waals surface area contributed by atoms with Crippen LogP contribution in [-0.2, 0) is 10.8 Å². The van der Waals surface area contributed by atoms with Crippen molar-refractivity contribution in [3.05, 3.63) is 308 Å². The summed E-state index contributed by atoms with van der Waals surface area (Å²) in [5, 5.41) is -0.993. The highest BCUT2D eigenvalue weighted by atomic mass is 15.2. The highest BCUT2D eigenvalue weighted by Gasteiger charge is 2.45. The Labute approximate surface area is 561 Å². The third-order valence-electron chi connectivity index (χ3n) is 17.9. The lowest BCUT2D eigenvalue weighted by molar-refractivity contribution is 0.590. The number of hydrogen-bond donors (Lipinski definition) is 0. The van der Waals surface area contributed by atoms with Crippen molar-refractivity contribution < 1.29 is 27.4 Å². The molecule has 0 spiro atoms. The van der Waals surface area contributed by atoms with Crippen molar-refractivity contribution in [2.45, 2.75) is 52.4 Å². The third-order valence-corrected chi connectivity index (χ3v) is 17.9. The van der Waals surface area contributed by atoms with E-state index in [1.807, 2.05) is 138 Å². The Balaban J connectivity index is 1.13. The molecule has 4 heterocycles. The van der Waals surface area contributed by atoms with Crippen LogP contribution in [0.4, 0.5) is 34.1 Å². The first-order valence-corrected chi connectivity index (χ1v) is 30.4. The van der Waals surface area contributed by atoms with Crippen molar-refractivity contribution in [1.82, 2.24) is 9.13 Å². The van der Waals surface area contributed by atoms with Crippen LogP contribution in [0.3, 0.4) is 0 Å². The Bertz CT molecular complexity index is 6390. The maximum atomic E-state index is 11.2. The topological polar surface area (TPSA) is 16.3 Å². The van der Waals surface area contributed by atoms with E-state index in [4.69, 9.17) is 8.22 Å². The summed E-state index contributed by atoms with van der Waals surface area (Å²) in [5.41, 5.74) is 8.43. The number of nitrogens with zero attached hydrogens (tertiary/aromatic N) is 4. The van der Waals surface area contributed by atoms with Gasteiger partial charge < -0.3 is 18.9 Å². The van der Waals surface area contributed by atoms with Gasteiger partial charge in [0.1, 0.15) is 0 Å². The average Bonchev–Trinajstić information content (AvgIpc) is 1.48. The summed E-state index contributed by atoms with van der Waals surface area (Å²) in [7, 11) is 0. The SMILES string of the molecule is [2H]c1c(-n2c3c([2H])c([2H])c([2H])c([2H])c3c3c([2H])c([2H])c([2H])c([2H])c32)cc2c(c1[2H])B1c3c(cc(-c4ccc(C(C)(C)C)cc4)cc3N(c3c(-c4ccccc4)cc(C(C)(C)C)cc3-c3ccccc3)c3cc(-n4c5c([2H])c([2H])c([2H])c([2H])c5c5c([2H])c([2H])c([2H])c([2H])c54)c([2H])c([2H])c31)N2c1ccccc1-c1ccccc1. The molecule has 13 aromatic carbocycles. The molecule has 0 radical (unpaired) electrons. The Hall–Kier alpha value is -10.9. The summed E-state index contributed by atoms with van der Waals surface area (Å²) in [6.07, 6.45) is 0. The normalized spacial score (nSPS) is 16.0. The molecular weight excluding hydrogens is 1100 g/mol. The first-order chi connectivity index (χ1) is 52.8. The molecule has 0 bridgehead atoms. The van der Waals surface area contributed by atoms with E-state index in [-0.39, 0.29) is 82.7 Å². The molecule has 2 aliphatic heterocycles. The monoisotopic (exact) mass is 1190 g/mol. The summed E-state index contributed by atoms with van der Waals surface area (Å²) in [6.45, 7) is 11.4. The molecule has 0 atom stereocenters. The molecule has 0 fully saturated rings. The molecule has 15 aromatic rings. The first-order valence-electron chi connectivity index (χ1n) is 40.4. The van der Waals surface area contributed by atoms with Gasteiger partial charge >= 0.3 is 0 Å². The van der Waals surface area contributed by atoms with Crippen molar-refractivity contribution in [3.63, 3.8) is 0 Å². The van der Waals surface area contributed by atoms with Crippen LogP contribution in [0.5, 0.6) is 0 Å². The van der Waals surface area contributed by atoms with Crippen molar-refractivity contribution >= 4 is 101 Å². The molecule has 17 rings (SSSR count). The molecule has 0 unspecified atom stereocenters. The fourth-order valence-corrected chi connectivity index (χ4v) is 13.6. The van der Waals surface area contributed by atoms with Crippen LogP contribution in [0.1, 0.15) is 80.1 Å². The van der Waals surface area contributed by atoms with Crippen LogP contribution in [0, 0.1) is 0 Å². The second-order valence-electron chi connectivity index (χ2n) is 25.4. The van der Waals surface area contributed by atoms with Crippen molar-refractivity contribution in [1.29, 1.82) is 0 Å². The van der Waals surface area contributed by atoms with Crippen LogP contribution in [-0.4, -0.2) is 15.8 Å². The number of hydrogen-bond acceptors (Lipinski definition) is 2. The van der Waals surface area contributed by atoms with Gasteiger partial charge in [0, 0.05) is 72.4 Å². The molecule has 2 aromatic heterocycles. The molecule has 4 nitrogen and oxygen atoms in total. The minimum absolute atomic E-state index is 0.0975. The Morgan fingerprint density at radius 2 is 0.703 bits per heavy atom. The molecule has 5 heteroatoms. The van der Waals surface area contributed by atoms with E-state index in [0.29, 0.717) is 50.5 Å². The van der Waals surface area contributed by atoms with Crippen LogP contribution in [0.25, 0.3) is 99.5 Å². The third kappa shape index (κ3) is 8.73. The first kappa shape index (κ1) is 37.2. The summed E-state index contributed by atoms with van der Waals surface area (Å²) >= 11 is 0. The minimum Gasteiger partial charge on any atom is -0.311 e. The molecule has 2 aliphatic rings. The van der Waals surface area contributed by atoms with Gasteiger partial charge in [-0.15, -0.1) is 0 Å². The van der Waals surface area contributed by atoms with E-state index in [2.05, 4.69) is 76.8 Å². The zero-order valence-corrected chi connectivity index (χ0v) is 50.6. The van der Waals surface area contributed by atoms with E-state index in [9.17, 15) is 19.2 Å². The second-order valence-corrected chi connectivity index (χ2v) is 25.4. The van der Waals surface area contributed by atoms with Crippen LogP contribution < -0.4 is 26.2 Å². The van der Waals surface area contributed by atoms with E-state index in [1.165, 1.54) is 9.13 Å². The van der Waals surface area contributed by atoms with Crippen LogP contribution >= 0.6 is 0 Å². The predicted octanol–water partition coefficient (Wildman–Crippen LogP) is 21.2. The smallest absolute Gasteiger partial charge is 0.252 e. The van der Waals surface area contributed by atoms with Gasteiger partial charge in [-0.05, 0) is 145 Å². The second kappa shape index (κ2) is 20.9. The largest absolute Gasteiger partial charge is 0.311 e. The number of rotatable bonds is 8. The fourth-order valence-electron chi connectivity index (χ4n) is 13.6. The van der Waals surface area contributed by atoms with Gasteiger partial charge in [0.25, 0.3) is 6.71 Å². The zero-order valence-electron chi connectivity index (χ0n) is 70.6. The molecular formula is C86H67BN4. The summed E-state index contributed by atoms with van der Waals surface area (Å²) < 4.78 is 196. The Kier molecular flexibility index (Phi) is 8.53. The lowest BCUT2D eigenvalue weighted by atomic mass is 9.33. The summed E-state index contributed by atoms with van der Waals surface area (Å²) in [6, 6.07) is 44.3. The van der Waals surface area contributed by atoms with Gasteiger partial charge in [-0.3, -0.25) is 0 Å². The van der Waals surface area contributed by atoms with Crippen molar-refractivity contribution in [2.24, 2.45) is 0 Å². The standard InChI is InChI=1S/C86H67BN4/c1-85(2,3)61-44-42-56(43-45-61)60-50-81-83-82(51-60)91(84-70(58-28-12-8-13-29-58)52-62(86(4,5)6)53-71(84)59-30-14-9-15-31-59)80-55-64(89-77-40-24-19-35-68(77)69-36-20-25-41-78(69)89)47-49-73(80)87(83)72-48-46-63(88-75-38-22-17-33-66(75)67-34-18-23-39-76(67)88)54-79(72)90(81)74-37-21-16-32-65(74)57-26-10-7-11-27-57/h7-55H,1-6H3/i17D,18D,19D,20D,22D,23D,24D,25D,33D,34D,35D,36D,38D,39D,40D,41D,46D,47D,48D,49D. The molecule has 0 saturated carbocycles. The number of benzene rings is 13. The molecule has 434 valence electrons. The quantitative estimate of drug-likeness (QED) is 0.141. The molecule has 0 aliphatic carbocycles. The van der Waals surface area contributed by atoms with Gasteiger partial charge in [-0.25, -0.2) is 0 Å². The molecule has 91 heavy (non-hydrogen) atoms. The van der Waals surface area contributed by atoms with Gasteiger partial charge in [0.2, 0.25) is 0 Å². The highest BCUT2D eigenvalue weighted by molar-refractivity contribution is 7.00. The average molecular weight is 1190 g/mol. The van der Waals surface area contributed by atoms with Gasteiger partial charge in [-0.1, -0.05) is 260 Å². The highest BCUT2D eigenvalue weighted by Crippen LogP contribution is 2.54. The number of anilines is 6. The lowest BCUT2D eigenvalue weighted by Crippen LogP contribution is -2.61. The predicted molar refractivity (Wildman–Crippen MR) is 388 cm³/mol. The number of fused-ring (bicyclic) bond motifs is 10. The Morgan fingerprint density at radius 3 is 1.15 bits per heavy atom. The Morgan fingerprint density at radius 1 is 0.308 bits per heavy atom. The van der Waals surface area contributed by atoms with Crippen molar-refractivity contribution in [3.8, 4) is 55.9 Å².